The highest BCUT2D eigenvalue weighted by atomic mass is 16.7. The number of benzene rings is 2. The number of hydrogen-bond acceptors (Lipinski definition) is 11. The van der Waals surface area contributed by atoms with Gasteiger partial charge in [-0.3, -0.25) is 24.0 Å². The Hall–Kier alpha value is -5.04. The van der Waals surface area contributed by atoms with Gasteiger partial charge in [-0.2, -0.15) is 0 Å². The molecule has 18 heteroatoms. The number of carbonyl (C=O) groups is 6. The van der Waals surface area contributed by atoms with Crippen molar-refractivity contribution in [1.82, 2.24) is 31.9 Å². The Bertz CT molecular complexity index is 2150. The molecule has 5 aliphatic rings. The molecule has 3 saturated carbocycles. The van der Waals surface area contributed by atoms with E-state index in [-0.39, 0.29) is 50.9 Å². The topological polar surface area (TPSA) is 221 Å². The maximum Gasteiger partial charge on any atom is 0.481 e. The quantitative estimate of drug-likeness (QED) is 0.0903. The first kappa shape index (κ1) is 55.3. The summed E-state index contributed by atoms with van der Waals surface area (Å²) in [5, 5.41) is 16.7. The highest BCUT2D eigenvalue weighted by Gasteiger charge is 2.68. The van der Waals surface area contributed by atoms with Crippen LogP contribution in [0, 0.1) is 17.3 Å². The molecule has 71 heavy (non-hydrogen) atoms. The number of alkyl carbamates (subject to hydrolysis) is 1. The van der Waals surface area contributed by atoms with Crippen molar-refractivity contribution < 1.29 is 52.3 Å². The molecular weight excluding hydrogens is 907 g/mol. The smallest absolute Gasteiger partial charge is 0.444 e. The Labute approximate surface area is 420 Å². The van der Waals surface area contributed by atoms with Crippen LogP contribution in [0.4, 0.5) is 4.79 Å². The summed E-state index contributed by atoms with van der Waals surface area (Å²) >= 11 is 0. The molecule has 3 aliphatic carbocycles. The van der Waals surface area contributed by atoms with Gasteiger partial charge in [0.05, 0.1) is 30.9 Å². The molecule has 390 valence electrons. The van der Waals surface area contributed by atoms with Crippen molar-refractivity contribution in [3.63, 3.8) is 0 Å². The molecular formula is C53H79BN6O11. The van der Waals surface area contributed by atoms with Crippen LogP contribution in [0.5, 0.6) is 0 Å². The van der Waals surface area contributed by atoms with Crippen LogP contribution in [0.2, 0.25) is 0 Å². The molecule has 2 saturated heterocycles. The number of unbranched alkanes of at least 4 members (excludes halogenated alkanes) is 2. The number of carbonyl (C=O) groups excluding carboxylic acids is 6. The summed E-state index contributed by atoms with van der Waals surface area (Å²) in [6.07, 6.45) is 6.80. The number of hydrogen-bond donors (Lipinski definition) is 6. The van der Waals surface area contributed by atoms with Crippen molar-refractivity contribution in [2.24, 2.45) is 17.3 Å². The van der Waals surface area contributed by atoms with Gasteiger partial charge in [0, 0.05) is 25.3 Å². The summed E-state index contributed by atoms with van der Waals surface area (Å²) in [7, 11) is -0.669. The summed E-state index contributed by atoms with van der Waals surface area (Å²) in [6, 6.07) is 10.9. The normalized spacial score (nSPS) is 26.6. The first-order chi connectivity index (χ1) is 33.7. The summed E-state index contributed by atoms with van der Waals surface area (Å²) in [5.74, 6) is -2.58. The minimum absolute atomic E-state index is 0.0656. The minimum Gasteiger partial charge on any atom is -0.444 e. The van der Waals surface area contributed by atoms with Crippen molar-refractivity contribution in [2.45, 2.75) is 174 Å². The molecule has 0 radical (unpaired) electrons. The lowest BCUT2D eigenvalue weighted by Gasteiger charge is -2.64. The third-order valence-corrected chi connectivity index (χ3v) is 14.6. The number of amides is 6. The Balaban J connectivity index is 1.08. The molecule has 6 N–H and O–H groups in total. The van der Waals surface area contributed by atoms with E-state index in [0.717, 1.165) is 43.2 Å². The highest BCUT2D eigenvalue weighted by molar-refractivity contribution is 6.47. The summed E-state index contributed by atoms with van der Waals surface area (Å²) in [6.45, 7) is 17.9. The molecule has 2 aromatic rings. The second-order valence-electron chi connectivity index (χ2n) is 21.7. The summed E-state index contributed by atoms with van der Waals surface area (Å²) < 4.78 is 30.1. The zero-order valence-corrected chi connectivity index (χ0v) is 43.4. The molecule has 1 unspecified atom stereocenters. The second-order valence-corrected chi connectivity index (χ2v) is 21.7. The Morgan fingerprint density at radius 1 is 0.859 bits per heavy atom. The van der Waals surface area contributed by atoms with Crippen LogP contribution in [0.3, 0.4) is 0 Å². The van der Waals surface area contributed by atoms with Crippen LogP contribution in [0.1, 0.15) is 136 Å². The van der Waals surface area contributed by atoms with Crippen molar-refractivity contribution in [3.8, 4) is 11.1 Å². The fourth-order valence-corrected chi connectivity index (χ4v) is 10.2. The lowest BCUT2D eigenvalue weighted by Crippen LogP contribution is -2.65. The van der Waals surface area contributed by atoms with E-state index in [1.54, 1.807) is 32.9 Å². The zero-order valence-electron chi connectivity index (χ0n) is 43.4. The van der Waals surface area contributed by atoms with Crippen LogP contribution in [0.15, 0.2) is 48.5 Å². The molecule has 2 aromatic carbocycles. The van der Waals surface area contributed by atoms with E-state index in [1.807, 2.05) is 19.1 Å². The van der Waals surface area contributed by atoms with Crippen molar-refractivity contribution >= 4 is 42.7 Å². The number of aryl methyl sites for hydroxylation is 1. The largest absolute Gasteiger partial charge is 0.481 e. The molecule has 0 spiro atoms. The third kappa shape index (κ3) is 14.8. The summed E-state index contributed by atoms with van der Waals surface area (Å²) in [4.78, 5) is 81.7. The lowest BCUT2D eigenvalue weighted by molar-refractivity contribution is -0.199. The van der Waals surface area contributed by atoms with Gasteiger partial charge in [-0.25, -0.2) is 4.79 Å². The standard InChI is InChI=1S/C53H79BN6O11/c1-10-11-16-35-18-20-36(21-19-35)37-22-24-38(25-23-37)46(62)58-40(17-12-13-26-55-50(66)69-51(4,5)6)47(63)60-41-31-67-27-14-15-28-68-32-42(59-45(61)33(2)56-48(41)64)49(65)57-34(3)54-70-44-30-39-29-43(52(39,7)8)53(44,9)71-54/h18-25,33-34,39-44H,10-17,26-32H2,1-9H3,(H,55,66)(H,56,64)(H,57,65)(H,58,62)(H,59,61)(H,60,63)/t33-,34-,39-,40?,41-,42-,43-,44+,53-/m0/s1. The number of nitrogens with one attached hydrogen (secondary N) is 6. The molecule has 7 rings (SSSR count). The molecule has 5 fully saturated rings. The maximum absolute atomic E-state index is 14.2. The fourth-order valence-electron chi connectivity index (χ4n) is 10.2. The molecule has 0 aromatic heterocycles. The van der Waals surface area contributed by atoms with Gasteiger partial charge in [0.2, 0.25) is 23.6 Å². The maximum atomic E-state index is 14.2. The van der Waals surface area contributed by atoms with E-state index in [1.165, 1.54) is 12.5 Å². The zero-order chi connectivity index (χ0) is 51.5. The highest BCUT2D eigenvalue weighted by Crippen LogP contribution is 2.65. The van der Waals surface area contributed by atoms with Crippen molar-refractivity contribution in [3.05, 3.63) is 59.7 Å². The van der Waals surface area contributed by atoms with E-state index >= 15 is 0 Å². The minimum atomic E-state index is -1.26. The van der Waals surface area contributed by atoms with Gasteiger partial charge in [-0.15, -0.1) is 0 Å². The molecule has 17 nitrogen and oxygen atoms in total. The van der Waals surface area contributed by atoms with Gasteiger partial charge >= 0.3 is 13.2 Å². The predicted octanol–water partition coefficient (Wildman–Crippen LogP) is 5.56. The van der Waals surface area contributed by atoms with E-state index in [9.17, 15) is 28.8 Å². The third-order valence-electron chi connectivity index (χ3n) is 14.6. The SMILES string of the molecule is CCCCc1ccc(-c2ccc(C(=O)NC(CCCCNC(=O)OC(C)(C)C)C(=O)N[C@H]3COCCCCOC[C@@H](C(=O)N[C@@H](C)B4O[C@@H]5C[C@@H]6C[C@@H](C6(C)C)[C@]5(C)O4)NC(=O)[C@H](C)NC3=O)cc2)cc1. The van der Waals surface area contributed by atoms with Crippen molar-refractivity contribution in [2.75, 3.05) is 33.0 Å². The average Bonchev–Trinajstić information content (AvgIpc) is 3.69. The van der Waals surface area contributed by atoms with Gasteiger partial charge in [0.1, 0.15) is 29.8 Å². The average molecular weight is 987 g/mol. The predicted molar refractivity (Wildman–Crippen MR) is 270 cm³/mol. The van der Waals surface area contributed by atoms with Crippen LogP contribution >= 0.6 is 0 Å². The van der Waals surface area contributed by atoms with Crippen LogP contribution in [-0.2, 0) is 49.1 Å². The monoisotopic (exact) mass is 987 g/mol. The summed E-state index contributed by atoms with van der Waals surface area (Å²) in [5.41, 5.74) is 2.60. The fraction of sp³-hybridized carbons (Fsp3) is 0.660. The van der Waals surface area contributed by atoms with E-state index in [2.05, 4.69) is 83.9 Å². The van der Waals surface area contributed by atoms with Gasteiger partial charge in [0.25, 0.3) is 5.91 Å². The number of ether oxygens (including phenoxy) is 3. The van der Waals surface area contributed by atoms with E-state index in [0.29, 0.717) is 43.1 Å². The molecule has 2 heterocycles. The lowest BCUT2D eigenvalue weighted by atomic mass is 9.43. The first-order valence-electron chi connectivity index (χ1n) is 25.9. The first-order valence-corrected chi connectivity index (χ1v) is 25.9. The van der Waals surface area contributed by atoms with Crippen LogP contribution < -0.4 is 31.9 Å². The Morgan fingerprint density at radius 3 is 2.17 bits per heavy atom. The molecule has 9 atom stereocenters. The Morgan fingerprint density at radius 2 is 1.52 bits per heavy atom. The second kappa shape index (κ2) is 24.6. The van der Waals surface area contributed by atoms with Crippen LogP contribution in [-0.4, -0.2) is 123 Å². The van der Waals surface area contributed by atoms with Gasteiger partial charge in [0.15, 0.2) is 0 Å². The Kier molecular flexibility index (Phi) is 19.1. The van der Waals surface area contributed by atoms with Gasteiger partial charge in [-0.1, -0.05) is 63.6 Å². The molecule has 2 aliphatic heterocycles. The molecule has 2 bridgehead atoms. The number of rotatable bonds is 16. The molecule has 6 amide bonds. The van der Waals surface area contributed by atoms with Crippen LogP contribution in [0.25, 0.3) is 11.1 Å². The van der Waals surface area contributed by atoms with E-state index < -0.39 is 84.1 Å². The van der Waals surface area contributed by atoms with Gasteiger partial charge in [-0.05, 0) is 145 Å². The van der Waals surface area contributed by atoms with Gasteiger partial charge < -0.3 is 55.4 Å². The van der Waals surface area contributed by atoms with E-state index in [4.69, 9.17) is 23.5 Å². The van der Waals surface area contributed by atoms with Crippen molar-refractivity contribution in [1.29, 1.82) is 0 Å².